The molecule has 1 rings (SSSR count). The van der Waals surface area contributed by atoms with Crippen LogP contribution in [0.4, 0.5) is 0 Å². The first kappa shape index (κ1) is 14.4. The average molecular weight is 347 g/mol. The number of carbonyl (C=O) groups excluding carboxylic acids is 1. The molecule has 0 fully saturated rings. The van der Waals surface area contributed by atoms with E-state index in [0.717, 1.165) is 3.57 Å². The second-order valence-corrected chi connectivity index (χ2v) is 5.96. The Labute approximate surface area is 116 Å². The van der Waals surface area contributed by atoms with Crippen molar-refractivity contribution in [3.63, 3.8) is 0 Å². The predicted molar refractivity (Wildman–Crippen MR) is 77.0 cm³/mol. The highest BCUT2D eigenvalue weighted by Crippen LogP contribution is 2.18. The maximum Gasteiger partial charge on any atom is 0.252 e. The van der Waals surface area contributed by atoms with Gasteiger partial charge in [0, 0.05) is 16.7 Å². The summed E-state index contributed by atoms with van der Waals surface area (Å²) < 4.78 is 0.947. The summed E-state index contributed by atoms with van der Waals surface area (Å²) in [6, 6.07) is 7.49. The third-order valence-electron chi connectivity index (χ3n) is 2.63. The minimum Gasteiger partial charge on any atom is -0.396 e. The molecule has 1 aromatic carbocycles. The van der Waals surface area contributed by atoms with Gasteiger partial charge in [-0.15, -0.1) is 0 Å². The van der Waals surface area contributed by atoms with Crippen LogP contribution in [-0.4, -0.2) is 24.2 Å². The van der Waals surface area contributed by atoms with Crippen molar-refractivity contribution in [1.29, 1.82) is 0 Å². The van der Waals surface area contributed by atoms with Crippen LogP contribution in [0.15, 0.2) is 24.3 Å². The highest BCUT2D eigenvalue weighted by molar-refractivity contribution is 14.1. The molecule has 0 saturated heterocycles. The SMILES string of the molecule is CC(C)(CCO)CNC(=O)c1ccccc1I. The lowest BCUT2D eigenvalue weighted by Gasteiger charge is -2.23. The number of hydrogen-bond acceptors (Lipinski definition) is 2. The fraction of sp³-hybridized carbons (Fsp3) is 0.462. The molecule has 1 aromatic rings. The van der Waals surface area contributed by atoms with E-state index in [2.05, 4.69) is 27.9 Å². The summed E-state index contributed by atoms with van der Waals surface area (Å²) in [5, 5.41) is 11.8. The first-order valence-electron chi connectivity index (χ1n) is 5.60. The topological polar surface area (TPSA) is 49.3 Å². The van der Waals surface area contributed by atoms with Crippen LogP contribution in [0, 0.1) is 8.99 Å². The molecular weight excluding hydrogens is 329 g/mol. The summed E-state index contributed by atoms with van der Waals surface area (Å²) in [5.74, 6) is -0.0546. The van der Waals surface area contributed by atoms with Gasteiger partial charge < -0.3 is 10.4 Å². The zero-order valence-electron chi connectivity index (χ0n) is 10.2. The highest BCUT2D eigenvalue weighted by Gasteiger charge is 2.19. The normalized spacial score (nSPS) is 11.3. The van der Waals surface area contributed by atoms with E-state index in [1.165, 1.54) is 0 Å². The van der Waals surface area contributed by atoms with Crippen LogP contribution < -0.4 is 5.32 Å². The average Bonchev–Trinajstić information content (AvgIpc) is 2.27. The maximum absolute atomic E-state index is 11.9. The van der Waals surface area contributed by atoms with Crippen molar-refractivity contribution < 1.29 is 9.90 Å². The van der Waals surface area contributed by atoms with Crippen LogP contribution in [0.3, 0.4) is 0 Å². The fourth-order valence-electron chi connectivity index (χ4n) is 1.45. The second kappa shape index (κ2) is 6.35. The van der Waals surface area contributed by atoms with Gasteiger partial charge in [-0.05, 0) is 46.6 Å². The molecule has 3 nitrogen and oxygen atoms in total. The largest absolute Gasteiger partial charge is 0.396 e. The minimum absolute atomic E-state index is 0.0546. The number of aliphatic hydroxyl groups is 1. The number of nitrogens with one attached hydrogen (secondary N) is 1. The van der Waals surface area contributed by atoms with Crippen molar-refractivity contribution in [3.05, 3.63) is 33.4 Å². The van der Waals surface area contributed by atoms with Gasteiger partial charge in [-0.1, -0.05) is 26.0 Å². The van der Waals surface area contributed by atoms with Gasteiger partial charge in [-0.25, -0.2) is 0 Å². The zero-order valence-corrected chi connectivity index (χ0v) is 12.3. The molecule has 0 atom stereocenters. The van der Waals surface area contributed by atoms with Crippen LogP contribution in [0.2, 0.25) is 0 Å². The number of halogens is 1. The van der Waals surface area contributed by atoms with E-state index in [1.807, 2.05) is 38.1 Å². The molecule has 0 aromatic heterocycles. The number of hydrogen-bond donors (Lipinski definition) is 2. The number of benzene rings is 1. The molecular formula is C13H18INO2. The van der Waals surface area contributed by atoms with Crippen molar-refractivity contribution >= 4 is 28.5 Å². The van der Waals surface area contributed by atoms with Gasteiger partial charge in [0.15, 0.2) is 0 Å². The molecule has 0 aliphatic rings. The van der Waals surface area contributed by atoms with Crippen molar-refractivity contribution in [1.82, 2.24) is 5.32 Å². The third kappa shape index (κ3) is 4.63. The Morgan fingerprint density at radius 2 is 2.06 bits per heavy atom. The molecule has 0 aliphatic carbocycles. The summed E-state index contributed by atoms with van der Waals surface area (Å²) in [5.41, 5.74) is 0.623. The van der Waals surface area contributed by atoms with Crippen LogP contribution in [-0.2, 0) is 0 Å². The second-order valence-electron chi connectivity index (χ2n) is 4.80. The monoisotopic (exact) mass is 347 g/mol. The molecule has 0 unspecified atom stereocenters. The van der Waals surface area contributed by atoms with E-state index >= 15 is 0 Å². The maximum atomic E-state index is 11.9. The smallest absolute Gasteiger partial charge is 0.252 e. The number of aliphatic hydroxyl groups excluding tert-OH is 1. The van der Waals surface area contributed by atoms with Crippen LogP contribution >= 0.6 is 22.6 Å². The molecule has 4 heteroatoms. The molecule has 0 bridgehead atoms. The van der Waals surface area contributed by atoms with Crippen molar-refractivity contribution in [3.8, 4) is 0 Å². The lowest BCUT2D eigenvalue weighted by atomic mass is 9.89. The molecule has 0 radical (unpaired) electrons. The number of carbonyl (C=O) groups is 1. The van der Waals surface area contributed by atoms with Gasteiger partial charge in [0.25, 0.3) is 5.91 Å². The Hall–Kier alpha value is -0.620. The molecule has 94 valence electrons. The molecule has 0 heterocycles. The van der Waals surface area contributed by atoms with E-state index in [-0.39, 0.29) is 17.9 Å². The Balaban J connectivity index is 2.59. The molecule has 2 N–H and O–H groups in total. The fourth-order valence-corrected chi connectivity index (χ4v) is 2.08. The Morgan fingerprint density at radius 1 is 1.41 bits per heavy atom. The van der Waals surface area contributed by atoms with E-state index < -0.39 is 0 Å². The van der Waals surface area contributed by atoms with Gasteiger partial charge in [0.2, 0.25) is 0 Å². The molecule has 0 spiro atoms. The Morgan fingerprint density at radius 3 is 2.65 bits per heavy atom. The van der Waals surface area contributed by atoms with Crippen molar-refractivity contribution in [2.45, 2.75) is 20.3 Å². The molecule has 0 saturated carbocycles. The van der Waals surface area contributed by atoms with Crippen LogP contribution in [0.25, 0.3) is 0 Å². The van der Waals surface area contributed by atoms with E-state index in [0.29, 0.717) is 18.5 Å². The van der Waals surface area contributed by atoms with Gasteiger partial charge >= 0.3 is 0 Å². The van der Waals surface area contributed by atoms with E-state index in [4.69, 9.17) is 5.11 Å². The van der Waals surface area contributed by atoms with Gasteiger partial charge in [-0.2, -0.15) is 0 Å². The first-order chi connectivity index (χ1) is 7.96. The summed E-state index contributed by atoms with van der Waals surface area (Å²) in [6.07, 6.45) is 0.680. The van der Waals surface area contributed by atoms with Crippen molar-refractivity contribution in [2.75, 3.05) is 13.2 Å². The highest BCUT2D eigenvalue weighted by atomic mass is 127. The third-order valence-corrected chi connectivity index (χ3v) is 3.58. The molecule has 0 aliphatic heterocycles. The van der Waals surface area contributed by atoms with E-state index in [9.17, 15) is 4.79 Å². The van der Waals surface area contributed by atoms with Crippen molar-refractivity contribution in [2.24, 2.45) is 5.41 Å². The number of amides is 1. The molecule has 17 heavy (non-hydrogen) atoms. The number of rotatable bonds is 5. The summed E-state index contributed by atoms with van der Waals surface area (Å²) in [7, 11) is 0. The van der Waals surface area contributed by atoms with Gasteiger partial charge in [0.1, 0.15) is 0 Å². The van der Waals surface area contributed by atoms with E-state index in [1.54, 1.807) is 0 Å². The first-order valence-corrected chi connectivity index (χ1v) is 6.68. The lowest BCUT2D eigenvalue weighted by molar-refractivity contribution is 0.0927. The van der Waals surface area contributed by atoms with Crippen LogP contribution in [0.1, 0.15) is 30.6 Å². The standard InChI is InChI=1S/C13H18INO2/c1-13(2,7-8-16)9-15-12(17)10-5-3-4-6-11(10)14/h3-6,16H,7-9H2,1-2H3,(H,15,17). The minimum atomic E-state index is -0.0787. The Kier molecular flexibility index (Phi) is 5.39. The summed E-state index contributed by atoms with van der Waals surface area (Å²) >= 11 is 2.15. The predicted octanol–water partition coefficient (Wildman–Crippen LogP) is 2.43. The van der Waals surface area contributed by atoms with Gasteiger partial charge in [0.05, 0.1) is 5.56 Å². The zero-order chi connectivity index (χ0) is 12.9. The van der Waals surface area contributed by atoms with Gasteiger partial charge in [-0.3, -0.25) is 4.79 Å². The molecule has 1 amide bonds. The summed E-state index contributed by atoms with van der Waals surface area (Å²) in [6.45, 7) is 4.77. The lowest BCUT2D eigenvalue weighted by Crippen LogP contribution is -2.34. The summed E-state index contributed by atoms with van der Waals surface area (Å²) in [4.78, 5) is 11.9. The quantitative estimate of drug-likeness (QED) is 0.804. The van der Waals surface area contributed by atoms with Crippen LogP contribution in [0.5, 0.6) is 0 Å². The Bertz CT molecular complexity index is 391.